The predicted octanol–water partition coefficient (Wildman–Crippen LogP) is 2.38. The van der Waals surface area contributed by atoms with Crippen LogP contribution in [-0.2, 0) is 15.4 Å². The first-order valence-corrected chi connectivity index (χ1v) is 11.9. The van der Waals surface area contributed by atoms with Gasteiger partial charge in [0.15, 0.2) is 0 Å². The third kappa shape index (κ3) is 5.58. The van der Waals surface area contributed by atoms with E-state index in [1.54, 1.807) is 31.4 Å². The van der Waals surface area contributed by atoms with Crippen LogP contribution in [0.15, 0.2) is 63.4 Å². The summed E-state index contributed by atoms with van der Waals surface area (Å²) in [6.07, 6.45) is 3.72. The van der Waals surface area contributed by atoms with Gasteiger partial charge in [-0.1, -0.05) is 45.0 Å². The van der Waals surface area contributed by atoms with E-state index in [0.717, 1.165) is 21.9 Å². The summed E-state index contributed by atoms with van der Waals surface area (Å²) < 4.78 is 29.2. The highest BCUT2D eigenvalue weighted by molar-refractivity contribution is 7.88. The summed E-state index contributed by atoms with van der Waals surface area (Å²) in [6.45, 7) is 6.06. The number of hydrogen-bond acceptors (Lipinski definition) is 6. The molecule has 174 valence electrons. The van der Waals surface area contributed by atoms with Crippen LogP contribution in [0.25, 0.3) is 16.8 Å². The third-order valence-electron chi connectivity index (χ3n) is 4.85. The number of aromatic nitrogens is 2. The summed E-state index contributed by atoms with van der Waals surface area (Å²) in [5.41, 5.74) is 2.09. The van der Waals surface area contributed by atoms with Crippen molar-refractivity contribution in [3.63, 3.8) is 0 Å². The Morgan fingerprint density at radius 3 is 2.30 bits per heavy atom. The van der Waals surface area contributed by atoms with Gasteiger partial charge in [-0.05, 0) is 28.7 Å². The molecule has 0 atom stereocenters. The molecule has 1 aromatic heterocycles. The minimum absolute atomic E-state index is 0.342. The minimum Gasteiger partial charge on any atom is -0.496 e. The van der Waals surface area contributed by atoms with Crippen LogP contribution >= 0.6 is 0 Å². The molecule has 0 fully saturated rings. The lowest BCUT2D eigenvalue weighted by Crippen LogP contribution is -2.32. The normalized spacial score (nSPS) is 12.2. The second-order valence-corrected chi connectivity index (χ2v) is 10.3. The first kappa shape index (κ1) is 24.0. The third-order valence-corrected chi connectivity index (χ3v) is 5.29. The van der Waals surface area contributed by atoms with Gasteiger partial charge in [-0.25, -0.2) is 22.6 Å². The molecule has 0 unspecified atom stereocenters. The van der Waals surface area contributed by atoms with E-state index >= 15 is 0 Å². The SMILES string of the molecule is COc1c(-c2ccc(/C=N/NS(C)(=O)=O)cc2)cc(-n2c(=O)cc[nH]c2=O)cc1C(C)(C)C. The predicted molar refractivity (Wildman–Crippen MR) is 129 cm³/mol. The van der Waals surface area contributed by atoms with Crippen molar-refractivity contribution in [1.29, 1.82) is 0 Å². The fourth-order valence-corrected chi connectivity index (χ4v) is 3.59. The Morgan fingerprint density at radius 2 is 1.76 bits per heavy atom. The molecule has 33 heavy (non-hydrogen) atoms. The fourth-order valence-electron chi connectivity index (χ4n) is 3.35. The summed E-state index contributed by atoms with van der Waals surface area (Å²) in [5, 5.41) is 3.70. The maximum absolute atomic E-state index is 12.5. The molecule has 0 aliphatic carbocycles. The average molecular weight is 471 g/mol. The molecule has 3 rings (SSSR count). The maximum Gasteiger partial charge on any atom is 0.332 e. The van der Waals surface area contributed by atoms with Crippen LogP contribution in [0, 0.1) is 0 Å². The van der Waals surface area contributed by atoms with Crippen molar-refractivity contribution >= 4 is 16.2 Å². The van der Waals surface area contributed by atoms with Gasteiger partial charge in [0, 0.05) is 23.4 Å². The molecule has 0 saturated heterocycles. The van der Waals surface area contributed by atoms with E-state index in [2.05, 4.69) is 14.9 Å². The quantitative estimate of drug-likeness (QED) is 0.423. The Bertz CT molecular complexity index is 1380. The number of ether oxygens (including phenoxy) is 1. The average Bonchev–Trinajstić information content (AvgIpc) is 2.72. The number of H-pyrrole nitrogens is 1. The van der Waals surface area contributed by atoms with Gasteiger partial charge < -0.3 is 9.72 Å². The van der Waals surface area contributed by atoms with Crippen molar-refractivity contribution < 1.29 is 13.2 Å². The molecule has 2 aromatic carbocycles. The summed E-state index contributed by atoms with van der Waals surface area (Å²) in [5.74, 6) is 0.631. The number of benzene rings is 2. The molecule has 0 bridgehead atoms. The Kier molecular flexibility index (Phi) is 6.59. The Labute approximate surface area is 191 Å². The van der Waals surface area contributed by atoms with Crippen molar-refractivity contribution in [1.82, 2.24) is 14.4 Å². The van der Waals surface area contributed by atoms with Gasteiger partial charge in [0.05, 0.1) is 25.3 Å². The maximum atomic E-state index is 12.5. The number of nitrogens with one attached hydrogen (secondary N) is 2. The molecule has 0 radical (unpaired) electrons. The van der Waals surface area contributed by atoms with Gasteiger partial charge in [0.25, 0.3) is 5.56 Å². The van der Waals surface area contributed by atoms with Gasteiger partial charge in [0.1, 0.15) is 5.75 Å². The van der Waals surface area contributed by atoms with Crippen LogP contribution in [0.4, 0.5) is 0 Å². The lowest BCUT2D eigenvalue weighted by atomic mass is 9.83. The van der Waals surface area contributed by atoms with E-state index in [9.17, 15) is 18.0 Å². The highest BCUT2D eigenvalue weighted by Gasteiger charge is 2.24. The highest BCUT2D eigenvalue weighted by atomic mass is 32.2. The van der Waals surface area contributed by atoms with Crippen molar-refractivity contribution in [2.75, 3.05) is 13.4 Å². The second kappa shape index (κ2) is 9.07. The molecule has 0 aliphatic rings. The van der Waals surface area contributed by atoms with Crippen LogP contribution < -0.4 is 20.8 Å². The number of rotatable bonds is 6. The molecule has 0 spiro atoms. The summed E-state index contributed by atoms with van der Waals surface area (Å²) in [4.78, 5) is 29.5. The van der Waals surface area contributed by atoms with Crippen molar-refractivity contribution in [2.24, 2.45) is 5.10 Å². The lowest BCUT2D eigenvalue weighted by molar-refractivity contribution is 0.399. The molecule has 10 heteroatoms. The van der Waals surface area contributed by atoms with Crippen LogP contribution in [-0.4, -0.2) is 37.5 Å². The van der Waals surface area contributed by atoms with E-state index in [1.165, 1.54) is 18.5 Å². The van der Waals surface area contributed by atoms with E-state index in [1.807, 2.05) is 32.9 Å². The zero-order valence-electron chi connectivity index (χ0n) is 19.0. The molecule has 9 nitrogen and oxygen atoms in total. The number of hydrogen-bond donors (Lipinski definition) is 2. The minimum atomic E-state index is -3.43. The van der Waals surface area contributed by atoms with Gasteiger partial charge >= 0.3 is 5.69 Å². The molecular formula is C23H26N4O5S. The Hall–Kier alpha value is -3.66. The van der Waals surface area contributed by atoms with E-state index in [4.69, 9.17) is 4.74 Å². The van der Waals surface area contributed by atoms with E-state index in [0.29, 0.717) is 22.6 Å². The Balaban J connectivity index is 2.18. The molecule has 1 heterocycles. The standard InChI is InChI=1S/C23H26N4O5S/c1-23(2,3)19-13-17(27-20(28)10-11-24-22(27)29)12-18(21(19)32-4)16-8-6-15(7-9-16)14-25-26-33(5,30)31/h6-14,26H,1-5H3,(H,24,29)/b25-14+. The smallest absolute Gasteiger partial charge is 0.332 e. The van der Waals surface area contributed by atoms with Crippen LogP contribution in [0.1, 0.15) is 31.9 Å². The number of sulfonamides is 1. The zero-order valence-corrected chi connectivity index (χ0v) is 19.9. The number of aromatic amines is 1. The van der Waals surface area contributed by atoms with E-state index in [-0.39, 0.29) is 5.41 Å². The molecule has 3 aromatic rings. The van der Waals surface area contributed by atoms with Crippen molar-refractivity contribution in [3.8, 4) is 22.6 Å². The van der Waals surface area contributed by atoms with Gasteiger partial charge in [0.2, 0.25) is 10.0 Å². The number of methoxy groups -OCH3 is 1. The molecule has 0 amide bonds. The van der Waals surface area contributed by atoms with Gasteiger partial charge in [-0.2, -0.15) is 5.10 Å². The molecular weight excluding hydrogens is 444 g/mol. The molecule has 0 aliphatic heterocycles. The topological polar surface area (TPSA) is 123 Å². The van der Waals surface area contributed by atoms with Crippen molar-refractivity contribution in [3.05, 3.63) is 80.6 Å². The first-order valence-electron chi connectivity index (χ1n) is 10.0. The number of hydrazone groups is 1. The van der Waals surface area contributed by atoms with Crippen LogP contribution in [0.5, 0.6) is 5.75 Å². The Morgan fingerprint density at radius 1 is 1.09 bits per heavy atom. The number of nitrogens with zero attached hydrogens (tertiary/aromatic N) is 2. The summed E-state index contributed by atoms with van der Waals surface area (Å²) in [7, 11) is -1.86. The fraction of sp³-hybridized carbons (Fsp3) is 0.261. The lowest BCUT2D eigenvalue weighted by Gasteiger charge is -2.25. The molecule has 2 N–H and O–H groups in total. The largest absolute Gasteiger partial charge is 0.496 e. The summed E-state index contributed by atoms with van der Waals surface area (Å²) >= 11 is 0. The van der Waals surface area contributed by atoms with E-state index < -0.39 is 21.3 Å². The van der Waals surface area contributed by atoms with Gasteiger partial charge in [-0.3, -0.25) is 4.79 Å². The van der Waals surface area contributed by atoms with Crippen molar-refractivity contribution in [2.45, 2.75) is 26.2 Å². The van der Waals surface area contributed by atoms with Gasteiger partial charge in [-0.15, -0.1) is 0 Å². The highest BCUT2D eigenvalue weighted by Crippen LogP contribution is 2.40. The monoisotopic (exact) mass is 470 g/mol. The summed E-state index contributed by atoms with van der Waals surface area (Å²) in [6, 6.07) is 12.0. The first-order chi connectivity index (χ1) is 15.4. The second-order valence-electron chi connectivity index (χ2n) is 8.52. The van der Waals surface area contributed by atoms with Crippen LogP contribution in [0.2, 0.25) is 0 Å². The van der Waals surface area contributed by atoms with Crippen LogP contribution in [0.3, 0.4) is 0 Å². The molecule has 0 saturated carbocycles. The zero-order chi connectivity index (χ0) is 24.4.